The third-order valence-electron chi connectivity index (χ3n) is 8.07. The number of carboxylic acid groups (broad SMARTS) is 4. The van der Waals surface area contributed by atoms with Gasteiger partial charge in [0.05, 0.1) is 18.6 Å². The monoisotopic (exact) mass is 807 g/mol. The number of thioether (sulfide) groups is 1. The van der Waals surface area contributed by atoms with Crippen molar-refractivity contribution in [3.63, 3.8) is 0 Å². The van der Waals surface area contributed by atoms with Crippen LogP contribution in [-0.4, -0.2) is 145 Å². The number of amides is 6. The van der Waals surface area contributed by atoms with Crippen molar-refractivity contribution in [3.8, 4) is 0 Å². The highest BCUT2D eigenvalue weighted by atomic mass is 32.2. The fourth-order valence-corrected chi connectivity index (χ4v) is 5.14. The van der Waals surface area contributed by atoms with E-state index in [1.54, 1.807) is 20.1 Å². The van der Waals surface area contributed by atoms with E-state index >= 15 is 0 Å². The molecule has 0 aromatic rings. The predicted molar refractivity (Wildman–Crippen MR) is 193 cm³/mol. The van der Waals surface area contributed by atoms with Crippen molar-refractivity contribution in [3.05, 3.63) is 0 Å². The Morgan fingerprint density at radius 1 is 0.564 bits per heavy atom. The minimum atomic E-state index is -1.82. The number of nitrogens with one attached hydrogen (secondary N) is 6. The van der Waals surface area contributed by atoms with E-state index in [9.17, 15) is 68.4 Å². The normalized spacial score (nSPS) is 15.8. The van der Waals surface area contributed by atoms with E-state index in [2.05, 4.69) is 31.9 Å². The van der Waals surface area contributed by atoms with Crippen molar-refractivity contribution >= 4 is 71.1 Å². The van der Waals surface area contributed by atoms with Crippen LogP contribution in [0.25, 0.3) is 0 Å². The van der Waals surface area contributed by atoms with E-state index in [1.807, 2.05) is 0 Å². The maximum atomic E-state index is 13.7. The summed E-state index contributed by atoms with van der Waals surface area (Å²) in [5.41, 5.74) is 5.51. The molecule has 0 aliphatic heterocycles. The van der Waals surface area contributed by atoms with Gasteiger partial charge >= 0.3 is 23.9 Å². The molecule has 9 atom stereocenters. The van der Waals surface area contributed by atoms with Gasteiger partial charge in [-0.3, -0.25) is 43.2 Å². The van der Waals surface area contributed by atoms with Gasteiger partial charge in [0.25, 0.3) is 0 Å². The molecule has 0 spiro atoms. The number of aliphatic carboxylic acids is 4. The van der Waals surface area contributed by atoms with E-state index in [1.165, 1.54) is 18.7 Å². The first-order chi connectivity index (χ1) is 25.5. The standard InChI is InChI=1S/C32H53N7O15S/c1-6-14(2)24(30(51)36-19(11-12-55-5)28(49)37-20(32(53)54)13-23(45)46)38-29(50)18(8-10-22(43)44)34-27(48)17(7-9-21(41)42)35-31(52)25(16(4)40)39-26(47)15(3)33/h14-20,24-25,40H,6-13,33H2,1-5H3,(H,34,48)(H,35,52)(H,36,51)(H,37,49)(H,38,50)(H,39,47)(H,41,42)(H,43,44)(H,45,46)(H,53,54)/t14-,15-,16+,17-,18-,19-,20-,24-,25-/m0/s1. The van der Waals surface area contributed by atoms with Gasteiger partial charge in [-0.05, 0) is 51.0 Å². The number of aliphatic hydroxyl groups is 1. The lowest BCUT2D eigenvalue weighted by atomic mass is 9.96. The van der Waals surface area contributed by atoms with Gasteiger partial charge in [-0.2, -0.15) is 11.8 Å². The number of carbonyl (C=O) groups excluding carboxylic acids is 6. The first-order valence-electron chi connectivity index (χ1n) is 17.2. The Labute approximate surface area is 320 Å². The molecule has 0 heterocycles. The van der Waals surface area contributed by atoms with Crippen LogP contribution in [0.4, 0.5) is 0 Å². The van der Waals surface area contributed by atoms with Crippen LogP contribution in [0.3, 0.4) is 0 Å². The van der Waals surface area contributed by atoms with E-state index < -0.39 is 146 Å². The Kier molecular flexibility index (Phi) is 22.8. The van der Waals surface area contributed by atoms with Crippen LogP contribution < -0.4 is 37.6 Å². The molecule has 13 N–H and O–H groups in total. The third-order valence-corrected chi connectivity index (χ3v) is 8.71. The lowest BCUT2D eigenvalue weighted by molar-refractivity contribution is -0.147. The first-order valence-corrected chi connectivity index (χ1v) is 18.6. The Morgan fingerprint density at radius 2 is 0.964 bits per heavy atom. The number of hydrogen-bond acceptors (Lipinski definition) is 13. The molecule has 55 heavy (non-hydrogen) atoms. The lowest BCUT2D eigenvalue weighted by Crippen LogP contribution is -2.61. The topological polar surface area (TPSA) is 370 Å². The molecular formula is C32H53N7O15S. The van der Waals surface area contributed by atoms with Gasteiger partial charge in [0.1, 0.15) is 36.3 Å². The Balaban J connectivity index is 6.45. The molecule has 0 aromatic heterocycles. The van der Waals surface area contributed by atoms with Crippen molar-refractivity contribution in [1.29, 1.82) is 0 Å². The van der Waals surface area contributed by atoms with Gasteiger partial charge in [-0.25, -0.2) is 4.79 Å². The molecule has 312 valence electrons. The largest absolute Gasteiger partial charge is 0.481 e. The zero-order valence-electron chi connectivity index (χ0n) is 31.2. The molecule has 0 radical (unpaired) electrons. The molecule has 0 aromatic carbocycles. The number of carbonyl (C=O) groups is 10. The lowest BCUT2D eigenvalue weighted by Gasteiger charge is -2.29. The van der Waals surface area contributed by atoms with Gasteiger partial charge in [0, 0.05) is 12.8 Å². The zero-order chi connectivity index (χ0) is 42.6. The van der Waals surface area contributed by atoms with E-state index in [-0.39, 0.29) is 18.6 Å². The SMILES string of the molecule is CC[C@H](C)[C@H](NC(=O)[C@H](CCC(=O)O)NC(=O)[C@H](CCC(=O)O)NC(=O)[C@@H](NC(=O)[C@H](C)N)[C@@H](C)O)C(=O)N[C@@H](CCSC)C(=O)N[C@@H](CC(=O)O)C(=O)O. The number of aliphatic hydroxyl groups excluding tert-OH is 1. The second-order valence-electron chi connectivity index (χ2n) is 12.7. The molecule has 0 aliphatic rings. The summed E-state index contributed by atoms with van der Waals surface area (Å²) < 4.78 is 0. The van der Waals surface area contributed by atoms with E-state index in [0.717, 1.165) is 6.92 Å². The number of rotatable bonds is 27. The second-order valence-corrected chi connectivity index (χ2v) is 13.7. The maximum absolute atomic E-state index is 13.7. The molecule has 0 aliphatic carbocycles. The van der Waals surface area contributed by atoms with Crippen molar-refractivity contribution in [2.45, 2.75) is 121 Å². The molecule has 0 saturated carbocycles. The Hall–Kier alpha value is -5.03. The summed E-state index contributed by atoms with van der Waals surface area (Å²) in [6.45, 7) is 5.67. The van der Waals surface area contributed by atoms with Gasteiger partial charge < -0.3 is 63.2 Å². The number of carboxylic acids is 4. The minimum absolute atomic E-state index is 0.0368. The molecule has 0 unspecified atom stereocenters. The highest BCUT2D eigenvalue weighted by Gasteiger charge is 2.36. The summed E-state index contributed by atoms with van der Waals surface area (Å²) in [7, 11) is 0. The summed E-state index contributed by atoms with van der Waals surface area (Å²) in [5, 5.41) is 60.7. The van der Waals surface area contributed by atoms with Crippen LogP contribution in [0.15, 0.2) is 0 Å². The predicted octanol–water partition coefficient (Wildman–Crippen LogP) is -3.29. The fraction of sp³-hybridized carbons (Fsp3) is 0.688. The molecule has 0 saturated heterocycles. The van der Waals surface area contributed by atoms with Gasteiger partial charge in [0.15, 0.2) is 0 Å². The summed E-state index contributed by atoms with van der Waals surface area (Å²) in [6, 6.07) is -10.8. The van der Waals surface area contributed by atoms with Crippen molar-refractivity contribution in [2.75, 3.05) is 12.0 Å². The molecule has 0 rings (SSSR count). The number of nitrogens with two attached hydrogens (primary N) is 1. The second kappa shape index (κ2) is 25.1. The maximum Gasteiger partial charge on any atom is 0.326 e. The highest BCUT2D eigenvalue weighted by molar-refractivity contribution is 7.98. The molecule has 0 bridgehead atoms. The van der Waals surface area contributed by atoms with Crippen LogP contribution in [-0.2, 0) is 47.9 Å². The minimum Gasteiger partial charge on any atom is -0.481 e. The highest BCUT2D eigenvalue weighted by Crippen LogP contribution is 2.12. The zero-order valence-corrected chi connectivity index (χ0v) is 32.0. The van der Waals surface area contributed by atoms with Crippen LogP contribution in [0.2, 0.25) is 0 Å². The summed E-state index contributed by atoms with van der Waals surface area (Å²) in [6.07, 6.45) is -3.02. The average molecular weight is 808 g/mol. The number of hydrogen-bond donors (Lipinski definition) is 12. The molecule has 22 nitrogen and oxygen atoms in total. The van der Waals surface area contributed by atoms with Crippen LogP contribution in [0.1, 0.15) is 72.6 Å². The smallest absolute Gasteiger partial charge is 0.326 e. The van der Waals surface area contributed by atoms with Gasteiger partial charge in [-0.15, -0.1) is 0 Å². The fourth-order valence-electron chi connectivity index (χ4n) is 4.67. The Morgan fingerprint density at radius 3 is 1.35 bits per heavy atom. The van der Waals surface area contributed by atoms with E-state index in [0.29, 0.717) is 0 Å². The average Bonchev–Trinajstić information content (AvgIpc) is 3.09. The van der Waals surface area contributed by atoms with Crippen molar-refractivity contribution in [1.82, 2.24) is 31.9 Å². The van der Waals surface area contributed by atoms with Gasteiger partial charge in [0.2, 0.25) is 35.4 Å². The van der Waals surface area contributed by atoms with Crippen LogP contribution >= 0.6 is 11.8 Å². The van der Waals surface area contributed by atoms with E-state index in [4.69, 9.17) is 10.8 Å². The van der Waals surface area contributed by atoms with Gasteiger partial charge in [-0.1, -0.05) is 20.3 Å². The first kappa shape index (κ1) is 50.0. The molecule has 0 fully saturated rings. The van der Waals surface area contributed by atoms with Crippen molar-refractivity contribution < 1.29 is 73.5 Å². The van der Waals surface area contributed by atoms with Crippen LogP contribution in [0.5, 0.6) is 0 Å². The Bertz CT molecular complexity index is 1400. The molecule has 6 amide bonds. The summed E-state index contributed by atoms with van der Waals surface area (Å²) in [5.74, 6) is -12.4. The summed E-state index contributed by atoms with van der Waals surface area (Å²) >= 11 is 1.28. The quantitative estimate of drug-likeness (QED) is 0.0387. The van der Waals surface area contributed by atoms with Crippen LogP contribution in [0, 0.1) is 5.92 Å². The molecular weight excluding hydrogens is 754 g/mol. The third kappa shape index (κ3) is 19.2. The van der Waals surface area contributed by atoms with Crippen molar-refractivity contribution in [2.24, 2.45) is 11.7 Å². The summed E-state index contributed by atoms with van der Waals surface area (Å²) in [4.78, 5) is 124. The molecule has 23 heteroatoms.